The zero-order chi connectivity index (χ0) is 18.1. The summed E-state index contributed by atoms with van der Waals surface area (Å²) in [7, 11) is 3.74. The van der Waals surface area contributed by atoms with Crippen molar-refractivity contribution >= 4 is 5.96 Å². The van der Waals surface area contributed by atoms with Crippen LogP contribution in [0.3, 0.4) is 0 Å². The van der Waals surface area contributed by atoms with Crippen LogP contribution in [0, 0.1) is 5.92 Å². The molecule has 0 saturated carbocycles. The Morgan fingerprint density at radius 1 is 1.28 bits per heavy atom. The van der Waals surface area contributed by atoms with Crippen LogP contribution in [0.4, 0.5) is 0 Å². The SMILES string of the molecule is CCC(CC)C(CNC(=NC)NCc1nncn1C)N1CCOCC1. The molecule has 1 aromatic heterocycles. The molecule has 1 aliphatic rings. The van der Waals surface area contributed by atoms with Crippen molar-refractivity contribution in [2.24, 2.45) is 18.0 Å². The van der Waals surface area contributed by atoms with Gasteiger partial charge in [0.15, 0.2) is 11.8 Å². The molecular formula is C17H33N7O. The van der Waals surface area contributed by atoms with Crippen LogP contribution in [-0.2, 0) is 18.3 Å². The zero-order valence-corrected chi connectivity index (χ0v) is 16.0. The maximum absolute atomic E-state index is 5.52. The second-order valence-corrected chi connectivity index (χ2v) is 6.46. The van der Waals surface area contributed by atoms with Gasteiger partial charge in [-0.05, 0) is 5.92 Å². The summed E-state index contributed by atoms with van der Waals surface area (Å²) in [6, 6.07) is 0.493. The molecule has 25 heavy (non-hydrogen) atoms. The average molecular weight is 351 g/mol. The standard InChI is InChI=1S/C17H33N7O/c1-5-14(6-2)15(24-7-9-25-10-8-24)11-19-17(18-3)20-12-16-22-21-13-23(16)4/h13-15H,5-12H2,1-4H3,(H2,18,19,20). The summed E-state index contributed by atoms with van der Waals surface area (Å²) in [5.41, 5.74) is 0. The van der Waals surface area contributed by atoms with Gasteiger partial charge in [0.05, 0.1) is 19.8 Å². The highest BCUT2D eigenvalue weighted by Crippen LogP contribution is 2.19. The lowest BCUT2D eigenvalue weighted by Gasteiger charge is -2.39. The third-order valence-electron chi connectivity index (χ3n) is 5.03. The van der Waals surface area contributed by atoms with E-state index in [1.807, 2.05) is 11.6 Å². The van der Waals surface area contributed by atoms with E-state index in [9.17, 15) is 0 Å². The molecule has 1 saturated heterocycles. The molecule has 0 aliphatic carbocycles. The van der Waals surface area contributed by atoms with Crippen molar-refractivity contribution in [1.29, 1.82) is 0 Å². The van der Waals surface area contributed by atoms with Crippen LogP contribution in [0.15, 0.2) is 11.3 Å². The van der Waals surface area contributed by atoms with Gasteiger partial charge in [0.25, 0.3) is 0 Å². The van der Waals surface area contributed by atoms with Gasteiger partial charge in [-0.3, -0.25) is 9.89 Å². The molecule has 1 fully saturated rings. The molecule has 1 aromatic rings. The number of morpholine rings is 1. The van der Waals surface area contributed by atoms with E-state index >= 15 is 0 Å². The second kappa shape index (κ2) is 10.4. The highest BCUT2D eigenvalue weighted by atomic mass is 16.5. The van der Waals surface area contributed by atoms with Crippen molar-refractivity contribution in [1.82, 2.24) is 30.3 Å². The Morgan fingerprint density at radius 2 is 2.00 bits per heavy atom. The van der Waals surface area contributed by atoms with Crippen LogP contribution >= 0.6 is 0 Å². The normalized spacial score (nSPS) is 17.7. The first-order valence-corrected chi connectivity index (χ1v) is 9.28. The van der Waals surface area contributed by atoms with Crippen molar-refractivity contribution in [2.45, 2.75) is 39.3 Å². The van der Waals surface area contributed by atoms with Gasteiger partial charge in [-0.1, -0.05) is 26.7 Å². The van der Waals surface area contributed by atoms with E-state index in [0.29, 0.717) is 18.5 Å². The summed E-state index contributed by atoms with van der Waals surface area (Å²) in [6.07, 6.45) is 4.07. The van der Waals surface area contributed by atoms with Crippen LogP contribution in [0.25, 0.3) is 0 Å². The van der Waals surface area contributed by atoms with Crippen LogP contribution in [0.5, 0.6) is 0 Å². The number of nitrogens with zero attached hydrogens (tertiary/aromatic N) is 5. The fraction of sp³-hybridized carbons (Fsp3) is 0.824. The van der Waals surface area contributed by atoms with E-state index in [0.717, 1.165) is 44.6 Å². The van der Waals surface area contributed by atoms with Crippen LogP contribution in [0.2, 0.25) is 0 Å². The third kappa shape index (κ3) is 5.67. The Hall–Kier alpha value is -1.67. The van der Waals surface area contributed by atoms with E-state index in [-0.39, 0.29) is 0 Å². The minimum atomic E-state index is 0.493. The first-order valence-electron chi connectivity index (χ1n) is 9.28. The molecule has 8 nitrogen and oxygen atoms in total. The predicted octanol–water partition coefficient (Wildman–Crippen LogP) is 0.617. The molecule has 0 spiro atoms. The maximum Gasteiger partial charge on any atom is 0.191 e. The molecule has 1 atom stereocenters. The summed E-state index contributed by atoms with van der Waals surface area (Å²) >= 11 is 0. The number of hydrogen-bond donors (Lipinski definition) is 2. The Morgan fingerprint density at radius 3 is 2.56 bits per heavy atom. The van der Waals surface area contributed by atoms with Crippen molar-refractivity contribution < 1.29 is 4.74 Å². The Bertz CT molecular complexity index is 521. The average Bonchev–Trinajstić information content (AvgIpc) is 3.06. The summed E-state index contributed by atoms with van der Waals surface area (Å²) < 4.78 is 7.43. The molecule has 1 unspecified atom stereocenters. The fourth-order valence-electron chi connectivity index (χ4n) is 3.39. The van der Waals surface area contributed by atoms with E-state index in [1.165, 1.54) is 12.8 Å². The minimum absolute atomic E-state index is 0.493. The summed E-state index contributed by atoms with van der Waals surface area (Å²) in [5, 5.41) is 14.8. The number of nitrogens with one attached hydrogen (secondary N) is 2. The van der Waals surface area contributed by atoms with Gasteiger partial charge in [-0.2, -0.15) is 0 Å². The van der Waals surface area contributed by atoms with Crippen LogP contribution in [-0.4, -0.2) is 71.6 Å². The Balaban J connectivity index is 1.91. The predicted molar refractivity (Wildman–Crippen MR) is 99.5 cm³/mol. The summed E-state index contributed by atoms with van der Waals surface area (Å²) in [5.74, 6) is 2.35. The monoisotopic (exact) mass is 351 g/mol. The molecule has 2 rings (SSSR count). The number of aryl methyl sites for hydroxylation is 1. The van der Waals surface area contributed by atoms with Gasteiger partial charge in [-0.25, -0.2) is 0 Å². The number of ether oxygens (including phenoxy) is 1. The van der Waals surface area contributed by atoms with E-state index in [2.05, 4.69) is 44.6 Å². The maximum atomic E-state index is 5.52. The van der Waals surface area contributed by atoms with Crippen molar-refractivity contribution in [3.05, 3.63) is 12.2 Å². The molecular weight excluding hydrogens is 318 g/mol. The van der Waals surface area contributed by atoms with Gasteiger partial charge in [0.1, 0.15) is 6.33 Å². The van der Waals surface area contributed by atoms with Crippen LogP contribution in [0.1, 0.15) is 32.5 Å². The third-order valence-corrected chi connectivity index (χ3v) is 5.03. The lowest BCUT2D eigenvalue weighted by atomic mass is 9.92. The molecule has 0 radical (unpaired) electrons. The molecule has 8 heteroatoms. The molecule has 2 N–H and O–H groups in total. The van der Waals surface area contributed by atoms with Gasteiger partial charge >= 0.3 is 0 Å². The minimum Gasteiger partial charge on any atom is -0.379 e. The first kappa shape index (κ1) is 19.7. The first-order chi connectivity index (χ1) is 12.2. The van der Waals surface area contributed by atoms with E-state index in [4.69, 9.17) is 4.74 Å². The van der Waals surface area contributed by atoms with Gasteiger partial charge < -0.3 is 19.9 Å². The second-order valence-electron chi connectivity index (χ2n) is 6.46. The number of aliphatic imine (C=N–C) groups is 1. The largest absolute Gasteiger partial charge is 0.379 e. The smallest absolute Gasteiger partial charge is 0.191 e. The molecule has 142 valence electrons. The van der Waals surface area contributed by atoms with Gasteiger partial charge in [0.2, 0.25) is 0 Å². The Kier molecular flexibility index (Phi) is 8.14. The molecule has 0 aromatic carbocycles. The zero-order valence-electron chi connectivity index (χ0n) is 16.0. The Labute approximate surface area is 151 Å². The molecule has 0 amide bonds. The van der Waals surface area contributed by atoms with Crippen LogP contribution < -0.4 is 10.6 Å². The van der Waals surface area contributed by atoms with E-state index in [1.54, 1.807) is 13.4 Å². The summed E-state index contributed by atoms with van der Waals surface area (Å²) in [6.45, 7) is 9.72. The fourth-order valence-corrected chi connectivity index (χ4v) is 3.39. The van der Waals surface area contributed by atoms with E-state index < -0.39 is 0 Å². The lowest BCUT2D eigenvalue weighted by molar-refractivity contribution is 0.00272. The van der Waals surface area contributed by atoms with Gasteiger partial charge in [0, 0.05) is 39.8 Å². The highest BCUT2D eigenvalue weighted by Gasteiger charge is 2.27. The van der Waals surface area contributed by atoms with Crippen molar-refractivity contribution in [2.75, 3.05) is 39.9 Å². The number of aromatic nitrogens is 3. The number of guanidine groups is 1. The molecule has 2 heterocycles. The molecule has 1 aliphatic heterocycles. The lowest BCUT2D eigenvalue weighted by Crippen LogP contribution is -2.53. The van der Waals surface area contributed by atoms with Gasteiger partial charge in [-0.15, -0.1) is 10.2 Å². The highest BCUT2D eigenvalue weighted by molar-refractivity contribution is 5.79. The summed E-state index contributed by atoms with van der Waals surface area (Å²) in [4.78, 5) is 6.90. The quantitative estimate of drug-likeness (QED) is 0.528. The number of rotatable bonds is 8. The van der Waals surface area contributed by atoms with Crippen molar-refractivity contribution in [3.8, 4) is 0 Å². The molecule has 0 bridgehead atoms. The topological polar surface area (TPSA) is 79.6 Å². The van der Waals surface area contributed by atoms with Crippen molar-refractivity contribution in [3.63, 3.8) is 0 Å². The number of hydrogen-bond acceptors (Lipinski definition) is 5.